The molecule has 1 atom stereocenters. The number of rotatable bonds is 4. The maximum Gasteiger partial charge on any atom is 0.320 e. The molecule has 1 aromatic carbocycles. The van der Waals surface area contributed by atoms with E-state index in [1.807, 2.05) is 24.3 Å². The predicted molar refractivity (Wildman–Crippen MR) is 86.9 cm³/mol. The average Bonchev–Trinajstić information content (AvgIpc) is 2.59. The van der Waals surface area contributed by atoms with Gasteiger partial charge in [0.05, 0.1) is 14.2 Å². The van der Waals surface area contributed by atoms with Gasteiger partial charge < -0.3 is 14.4 Å². The second-order valence-corrected chi connectivity index (χ2v) is 6.08. The van der Waals surface area contributed by atoms with E-state index in [0.717, 1.165) is 17.1 Å². The van der Waals surface area contributed by atoms with Gasteiger partial charge in [0.15, 0.2) is 0 Å². The summed E-state index contributed by atoms with van der Waals surface area (Å²) in [6, 6.07) is 7.45. The first-order valence-electron chi connectivity index (χ1n) is 6.94. The minimum atomic E-state index is -0.294. The molecule has 1 aliphatic rings. The van der Waals surface area contributed by atoms with Crippen LogP contribution in [0.15, 0.2) is 30.3 Å². The molecule has 5 nitrogen and oxygen atoms in total. The van der Waals surface area contributed by atoms with Crippen molar-refractivity contribution in [2.45, 2.75) is 5.25 Å². The van der Waals surface area contributed by atoms with Gasteiger partial charge in [-0.2, -0.15) is 0 Å². The van der Waals surface area contributed by atoms with E-state index in [2.05, 4.69) is 0 Å². The number of carbonyl (C=O) groups excluding carboxylic acids is 2. The molecule has 1 saturated heterocycles. The molecule has 0 N–H and O–H groups in total. The Morgan fingerprint density at radius 3 is 2.64 bits per heavy atom. The highest BCUT2D eigenvalue weighted by molar-refractivity contribution is 8.00. The molecule has 6 heteroatoms. The molecule has 1 fully saturated rings. The van der Waals surface area contributed by atoms with Crippen LogP contribution in [-0.2, 0) is 14.3 Å². The lowest BCUT2D eigenvalue weighted by atomic mass is 10.2. The lowest BCUT2D eigenvalue weighted by Crippen LogP contribution is -2.44. The lowest BCUT2D eigenvalue weighted by molar-refractivity contribution is -0.140. The summed E-state index contributed by atoms with van der Waals surface area (Å²) in [7, 11) is 2.98. The summed E-state index contributed by atoms with van der Waals surface area (Å²) < 4.78 is 9.83. The number of esters is 1. The van der Waals surface area contributed by atoms with E-state index >= 15 is 0 Å². The van der Waals surface area contributed by atoms with Gasteiger partial charge in [0.25, 0.3) is 0 Å². The Labute approximate surface area is 134 Å². The SMILES string of the molecule is COC(=O)[C@@H]1CN(C(=O)/C=C/c2ccc(OC)cc2)CCS1. The van der Waals surface area contributed by atoms with Crippen LogP contribution in [0.5, 0.6) is 5.75 Å². The van der Waals surface area contributed by atoms with Crippen LogP contribution >= 0.6 is 11.8 Å². The fraction of sp³-hybridized carbons (Fsp3) is 0.375. The predicted octanol–water partition coefficient (Wildman–Crippen LogP) is 1.83. The Morgan fingerprint density at radius 1 is 1.27 bits per heavy atom. The quantitative estimate of drug-likeness (QED) is 0.625. The van der Waals surface area contributed by atoms with E-state index in [0.29, 0.717) is 13.1 Å². The molecule has 1 amide bonds. The number of ether oxygens (including phenoxy) is 2. The summed E-state index contributed by atoms with van der Waals surface area (Å²) >= 11 is 1.53. The van der Waals surface area contributed by atoms with Gasteiger partial charge in [0.2, 0.25) is 5.91 Å². The van der Waals surface area contributed by atoms with Crippen LogP contribution in [0.1, 0.15) is 5.56 Å². The first-order valence-corrected chi connectivity index (χ1v) is 7.99. The summed E-state index contributed by atoms with van der Waals surface area (Å²) in [6.07, 6.45) is 3.29. The van der Waals surface area contributed by atoms with Gasteiger partial charge in [-0.15, -0.1) is 11.8 Å². The molecule has 0 saturated carbocycles. The number of amides is 1. The summed E-state index contributed by atoms with van der Waals surface area (Å²) in [5, 5.41) is -0.294. The number of nitrogens with zero attached hydrogens (tertiary/aromatic N) is 1. The van der Waals surface area contributed by atoms with E-state index in [9.17, 15) is 9.59 Å². The number of thioether (sulfide) groups is 1. The first-order chi connectivity index (χ1) is 10.6. The number of hydrogen-bond acceptors (Lipinski definition) is 5. The lowest BCUT2D eigenvalue weighted by Gasteiger charge is -2.30. The van der Waals surface area contributed by atoms with Crippen molar-refractivity contribution in [3.05, 3.63) is 35.9 Å². The molecule has 118 valence electrons. The van der Waals surface area contributed by atoms with Gasteiger partial charge in [0.1, 0.15) is 11.0 Å². The Morgan fingerprint density at radius 2 is 2.00 bits per heavy atom. The molecular weight excluding hydrogens is 302 g/mol. The minimum Gasteiger partial charge on any atom is -0.497 e. The standard InChI is InChI=1S/C16H19NO4S/c1-20-13-6-3-12(4-7-13)5-8-15(18)17-9-10-22-14(11-17)16(19)21-2/h3-8,14H,9-11H2,1-2H3/b8-5+/t14-/m0/s1. The Kier molecular flexibility index (Phi) is 5.89. The van der Waals surface area contributed by atoms with Crippen molar-refractivity contribution >= 4 is 29.7 Å². The molecule has 1 aliphatic heterocycles. The molecule has 0 aromatic heterocycles. The van der Waals surface area contributed by atoms with Crippen molar-refractivity contribution in [1.82, 2.24) is 4.90 Å². The number of hydrogen-bond donors (Lipinski definition) is 0. The third-order valence-electron chi connectivity index (χ3n) is 3.38. The van der Waals surface area contributed by atoms with E-state index in [1.54, 1.807) is 18.1 Å². The zero-order chi connectivity index (χ0) is 15.9. The molecule has 0 spiro atoms. The summed E-state index contributed by atoms with van der Waals surface area (Å²) in [5.74, 6) is 1.14. The molecule has 0 bridgehead atoms. The molecule has 22 heavy (non-hydrogen) atoms. The Balaban J connectivity index is 1.95. The van der Waals surface area contributed by atoms with Crippen molar-refractivity contribution in [3.63, 3.8) is 0 Å². The molecule has 0 unspecified atom stereocenters. The topological polar surface area (TPSA) is 55.8 Å². The highest BCUT2D eigenvalue weighted by Gasteiger charge is 2.28. The fourth-order valence-electron chi connectivity index (χ4n) is 2.11. The van der Waals surface area contributed by atoms with Gasteiger partial charge in [0, 0.05) is 24.9 Å². The molecule has 1 aromatic rings. The van der Waals surface area contributed by atoms with E-state index in [-0.39, 0.29) is 17.1 Å². The van der Waals surface area contributed by atoms with Crippen molar-refractivity contribution in [1.29, 1.82) is 0 Å². The Bertz CT molecular complexity index is 556. The molecule has 1 heterocycles. The second-order valence-electron chi connectivity index (χ2n) is 4.77. The zero-order valence-electron chi connectivity index (χ0n) is 12.7. The number of carbonyl (C=O) groups is 2. The zero-order valence-corrected chi connectivity index (χ0v) is 13.5. The van der Waals surface area contributed by atoms with Crippen molar-refractivity contribution in [2.24, 2.45) is 0 Å². The third-order valence-corrected chi connectivity index (χ3v) is 4.54. The van der Waals surface area contributed by atoms with E-state index in [1.165, 1.54) is 24.9 Å². The molecule has 0 radical (unpaired) electrons. The van der Waals surface area contributed by atoms with Crippen LogP contribution < -0.4 is 4.74 Å². The van der Waals surface area contributed by atoms with Crippen LogP contribution in [-0.4, -0.2) is 55.1 Å². The van der Waals surface area contributed by atoms with Gasteiger partial charge in [-0.3, -0.25) is 9.59 Å². The number of benzene rings is 1. The summed E-state index contributed by atoms with van der Waals surface area (Å²) in [6.45, 7) is 1.03. The van der Waals surface area contributed by atoms with Gasteiger partial charge in [-0.25, -0.2) is 0 Å². The smallest absolute Gasteiger partial charge is 0.320 e. The van der Waals surface area contributed by atoms with E-state index in [4.69, 9.17) is 9.47 Å². The maximum atomic E-state index is 12.2. The highest BCUT2D eigenvalue weighted by Crippen LogP contribution is 2.20. The molecule has 2 rings (SSSR count). The average molecular weight is 321 g/mol. The molecular formula is C16H19NO4S. The van der Waals surface area contributed by atoms with Crippen molar-refractivity contribution in [3.8, 4) is 5.75 Å². The number of methoxy groups -OCH3 is 2. The summed E-state index contributed by atoms with van der Waals surface area (Å²) in [4.78, 5) is 25.4. The monoisotopic (exact) mass is 321 g/mol. The third kappa shape index (κ3) is 4.27. The molecule has 0 aliphatic carbocycles. The highest BCUT2D eigenvalue weighted by atomic mass is 32.2. The van der Waals surface area contributed by atoms with Crippen LogP contribution in [0.4, 0.5) is 0 Å². The van der Waals surface area contributed by atoms with Gasteiger partial charge >= 0.3 is 5.97 Å². The van der Waals surface area contributed by atoms with Crippen molar-refractivity contribution in [2.75, 3.05) is 33.1 Å². The van der Waals surface area contributed by atoms with Crippen LogP contribution in [0.2, 0.25) is 0 Å². The normalized spacial score (nSPS) is 18.3. The first kappa shape index (κ1) is 16.4. The van der Waals surface area contributed by atoms with Crippen molar-refractivity contribution < 1.29 is 19.1 Å². The Hall–Kier alpha value is -1.95. The van der Waals surface area contributed by atoms with Crippen LogP contribution in [0.25, 0.3) is 6.08 Å². The van der Waals surface area contributed by atoms with Gasteiger partial charge in [-0.05, 0) is 23.8 Å². The largest absolute Gasteiger partial charge is 0.497 e. The minimum absolute atomic E-state index is 0.0926. The van der Waals surface area contributed by atoms with Crippen LogP contribution in [0.3, 0.4) is 0 Å². The summed E-state index contributed by atoms with van der Waals surface area (Å²) in [5.41, 5.74) is 0.921. The van der Waals surface area contributed by atoms with E-state index < -0.39 is 0 Å². The maximum absolute atomic E-state index is 12.2. The van der Waals surface area contributed by atoms with Gasteiger partial charge in [-0.1, -0.05) is 12.1 Å². The fourth-order valence-corrected chi connectivity index (χ4v) is 3.24. The second kappa shape index (κ2) is 7.89. The van der Waals surface area contributed by atoms with Crippen LogP contribution in [0, 0.1) is 0 Å².